The molecule has 1 N–H and O–H groups in total. The SMILES string of the molecule is Cc1ccc(CN(C)C(=O)CSCc2ccc(C(=O)Nc3ccccc3)cc2)cc1. The molecule has 0 bridgehead atoms. The van der Waals surface area contributed by atoms with Gasteiger partial charge in [-0.1, -0.05) is 60.2 Å². The number of nitrogens with zero attached hydrogens (tertiary/aromatic N) is 1. The van der Waals surface area contributed by atoms with Gasteiger partial charge in [-0.05, 0) is 42.3 Å². The van der Waals surface area contributed by atoms with Gasteiger partial charge in [0.15, 0.2) is 0 Å². The first-order valence-corrected chi connectivity index (χ1v) is 11.0. The number of thioether (sulfide) groups is 1. The van der Waals surface area contributed by atoms with E-state index in [1.54, 1.807) is 16.7 Å². The molecule has 30 heavy (non-hydrogen) atoms. The lowest BCUT2D eigenvalue weighted by atomic mass is 10.1. The van der Waals surface area contributed by atoms with Gasteiger partial charge in [0.2, 0.25) is 5.91 Å². The zero-order chi connectivity index (χ0) is 21.3. The van der Waals surface area contributed by atoms with Crippen molar-refractivity contribution in [3.63, 3.8) is 0 Å². The molecule has 0 aliphatic rings. The normalized spacial score (nSPS) is 10.5. The number of hydrogen-bond donors (Lipinski definition) is 1. The quantitative estimate of drug-likeness (QED) is 0.551. The van der Waals surface area contributed by atoms with Crippen molar-refractivity contribution in [3.05, 3.63) is 101 Å². The lowest BCUT2D eigenvalue weighted by Crippen LogP contribution is -2.27. The highest BCUT2D eigenvalue weighted by atomic mass is 32.2. The maximum Gasteiger partial charge on any atom is 0.255 e. The molecule has 0 unspecified atom stereocenters. The predicted octanol–water partition coefficient (Wildman–Crippen LogP) is 5.14. The number of benzene rings is 3. The summed E-state index contributed by atoms with van der Waals surface area (Å²) in [4.78, 5) is 26.4. The average molecular weight is 419 g/mol. The van der Waals surface area contributed by atoms with E-state index < -0.39 is 0 Å². The van der Waals surface area contributed by atoms with Gasteiger partial charge in [-0.15, -0.1) is 11.8 Å². The van der Waals surface area contributed by atoms with Crippen LogP contribution in [0, 0.1) is 6.92 Å². The zero-order valence-electron chi connectivity index (χ0n) is 17.3. The molecule has 0 saturated carbocycles. The Morgan fingerprint density at radius 2 is 1.50 bits per heavy atom. The van der Waals surface area contributed by atoms with E-state index in [9.17, 15) is 9.59 Å². The number of aryl methyl sites for hydroxylation is 1. The van der Waals surface area contributed by atoms with Gasteiger partial charge in [-0.25, -0.2) is 0 Å². The van der Waals surface area contributed by atoms with Crippen molar-refractivity contribution in [3.8, 4) is 0 Å². The van der Waals surface area contributed by atoms with Crippen LogP contribution >= 0.6 is 11.8 Å². The molecule has 4 nitrogen and oxygen atoms in total. The zero-order valence-corrected chi connectivity index (χ0v) is 18.1. The highest BCUT2D eigenvalue weighted by Gasteiger charge is 2.10. The molecule has 0 radical (unpaired) electrons. The molecule has 0 fully saturated rings. The summed E-state index contributed by atoms with van der Waals surface area (Å²) in [6.07, 6.45) is 0. The lowest BCUT2D eigenvalue weighted by Gasteiger charge is -2.17. The van der Waals surface area contributed by atoms with Crippen LogP contribution in [0.5, 0.6) is 0 Å². The maximum absolute atomic E-state index is 12.4. The minimum atomic E-state index is -0.131. The molecule has 154 valence electrons. The van der Waals surface area contributed by atoms with Crippen LogP contribution < -0.4 is 5.32 Å². The van der Waals surface area contributed by atoms with Gasteiger partial charge in [-0.2, -0.15) is 0 Å². The van der Waals surface area contributed by atoms with Gasteiger partial charge in [-0.3, -0.25) is 9.59 Å². The summed E-state index contributed by atoms with van der Waals surface area (Å²) in [6.45, 7) is 2.67. The molecule has 3 aromatic carbocycles. The first-order valence-electron chi connectivity index (χ1n) is 9.84. The Kier molecular flexibility index (Phi) is 7.69. The van der Waals surface area contributed by atoms with E-state index in [1.165, 1.54) is 5.56 Å². The molecule has 0 spiro atoms. The van der Waals surface area contributed by atoms with Gasteiger partial charge in [0.05, 0.1) is 5.75 Å². The Morgan fingerprint density at radius 1 is 0.867 bits per heavy atom. The van der Waals surface area contributed by atoms with Crippen molar-refractivity contribution < 1.29 is 9.59 Å². The molecule has 0 heterocycles. The summed E-state index contributed by atoms with van der Waals surface area (Å²) in [7, 11) is 1.84. The Morgan fingerprint density at radius 3 is 2.17 bits per heavy atom. The summed E-state index contributed by atoms with van der Waals surface area (Å²) < 4.78 is 0. The number of para-hydroxylation sites is 1. The molecule has 0 aromatic heterocycles. The number of carbonyl (C=O) groups is 2. The van der Waals surface area contributed by atoms with Crippen molar-refractivity contribution in [1.29, 1.82) is 0 Å². The first-order chi connectivity index (χ1) is 14.5. The third kappa shape index (κ3) is 6.49. The van der Waals surface area contributed by atoms with Crippen LogP contribution in [0.4, 0.5) is 5.69 Å². The Balaban J connectivity index is 1.43. The Hall–Kier alpha value is -3.05. The third-order valence-electron chi connectivity index (χ3n) is 4.71. The highest BCUT2D eigenvalue weighted by molar-refractivity contribution is 7.99. The van der Waals surface area contributed by atoms with Crippen LogP contribution in [0.1, 0.15) is 27.0 Å². The van der Waals surface area contributed by atoms with E-state index in [1.807, 2.05) is 61.6 Å². The van der Waals surface area contributed by atoms with E-state index in [2.05, 4.69) is 36.5 Å². The third-order valence-corrected chi connectivity index (χ3v) is 5.70. The molecule has 0 aliphatic heterocycles. The summed E-state index contributed by atoms with van der Waals surface area (Å²) in [6, 6.07) is 25.1. The molecule has 2 amide bonds. The number of carbonyl (C=O) groups excluding carboxylic acids is 2. The van der Waals surface area contributed by atoms with E-state index in [0.29, 0.717) is 17.9 Å². The molecule has 5 heteroatoms. The minimum absolute atomic E-state index is 0.111. The van der Waals surface area contributed by atoms with E-state index in [0.717, 1.165) is 22.6 Å². The van der Waals surface area contributed by atoms with Gasteiger partial charge in [0.1, 0.15) is 0 Å². The van der Waals surface area contributed by atoms with E-state index in [4.69, 9.17) is 0 Å². The van der Waals surface area contributed by atoms with Gasteiger partial charge < -0.3 is 10.2 Å². The van der Waals surface area contributed by atoms with Gasteiger partial charge >= 0.3 is 0 Å². The van der Waals surface area contributed by atoms with Crippen LogP contribution in [-0.2, 0) is 17.1 Å². The Bertz CT molecular complexity index is 970. The number of anilines is 1. The second-order valence-electron chi connectivity index (χ2n) is 7.25. The summed E-state index contributed by atoms with van der Waals surface area (Å²) >= 11 is 1.58. The second kappa shape index (κ2) is 10.6. The molecule has 3 rings (SSSR count). The summed E-state index contributed by atoms with van der Waals surface area (Å²) in [5.74, 6) is 1.14. The van der Waals surface area contributed by atoms with Crippen LogP contribution in [0.15, 0.2) is 78.9 Å². The largest absolute Gasteiger partial charge is 0.341 e. The number of rotatable bonds is 8. The number of hydrogen-bond acceptors (Lipinski definition) is 3. The van der Waals surface area contributed by atoms with Gasteiger partial charge in [0.25, 0.3) is 5.91 Å². The fraction of sp³-hybridized carbons (Fsp3) is 0.200. The van der Waals surface area contributed by atoms with Crippen LogP contribution in [0.25, 0.3) is 0 Å². The van der Waals surface area contributed by atoms with E-state index >= 15 is 0 Å². The fourth-order valence-corrected chi connectivity index (χ4v) is 3.82. The van der Waals surface area contributed by atoms with Crippen LogP contribution in [0.3, 0.4) is 0 Å². The molecular weight excluding hydrogens is 392 g/mol. The molecule has 0 saturated heterocycles. The number of amides is 2. The smallest absolute Gasteiger partial charge is 0.255 e. The molecule has 0 aliphatic carbocycles. The fourth-order valence-electron chi connectivity index (χ4n) is 2.90. The molecule has 3 aromatic rings. The Labute approximate surface area is 182 Å². The predicted molar refractivity (Wildman–Crippen MR) is 125 cm³/mol. The summed E-state index contributed by atoms with van der Waals surface area (Å²) in [5, 5.41) is 2.88. The van der Waals surface area contributed by atoms with Gasteiger partial charge in [0, 0.05) is 30.6 Å². The standard InChI is InChI=1S/C25H26N2O2S/c1-19-8-10-20(11-9-19)16-27(2)24(28)18-30-17-21-12-14-22(15-13-21)25(29)26-23-6-4-3-5-7-23/h3-15H,16-18H2,1-2H3,(H,26,29). The van der Waals surface area contributed by atoms with E-state index in [-0.39, 0.29) is 11.8 Å². The van der Waals surface area contributed by atoms with Crippen molar-refractivity contribution >= 4 is 29.3 Å². The van der Waals surface area contributed by atoms with Crippen molar-refractivity contribution in [1.82, 2.24) is 4.90 Å². The first kappa shape index (κ1) is 21.7. The molecular formula is C25H26N2O2S. The number of nitrogens with one attached hydrogen (secondary N) is 1. The topological polar surface area (TPSA) is 49.4 Å². The highest BCUT2D eigenvalue weighted by Crippen LogP contribution is 2.16. The monoisotopic (exact) mass is 418 g/mol. The van der Waals surface area contributed by atoms with Crippen LogP contribution in [0.2, 0.25) is 0 Å². The minimum Gasteiger partial charge on any atom is -0.341 e. The summed E-state index contributed by atoms with van der Waals surface area (Å²) in [5.41, 5.74) is 4.82. The lowest BCUT2D eigenvalue weighted by molar-refractivity contribution is -0.127. The van der Waals surface area contributed by atoms with Crippen molar-refractivity contribution in [2.45, 2.75) is 19.2 Å². The van der Waals surface area contributed by atoms with Crippen LogP contribution in [-0.4, -0.2) is 29.5 Å². The average Bonchev–Trinajstić information content (AvgIpc) is 2.76. The van der Waals surface area contributed by atoms with Crippen molar-refractivity contribution in [2.75, 3.05) is 18.1 Å². The van der Waals surface area contributed by atoms with Crippen molar-refractivity contribution in [2.24, 2.45) is 0 Å². The maximum atomic E-state index is 12.4. The molecule has 0 atom stereocenters. The second-order valence-corrected chi connectivity index (χ2v) is 8.23.